The molecule has 0 bridgehead atoms. The van der Waals surface area contributed by atoms with E-state index in [-0.39, 0.29) is 6.04 Å². The molecule has 2 aromatic heterocycles. The average Bonchev–Trinajstić information content (AvgIpc) is 2.80. The van der Waals surface area contributed by atoms with Crippen LogP contribution in [0.4, 0.5) is 0 Å². The van der Waals surface area contributed by atoms with Crippen LogP contribution in [0.3, 0.4) is 0 Å². The minimum Gasteiger partial charge on any atom is -0.321 e. The Hall–Kier alpha value is -1.26. The molecule has 0 radical (unpaired) electrons. The molecule has 0 aromatic carbocycles. The van der Waals surface area contributed by atoms with E-state index in [0.29, 0.717) is 0 Å². The first-order chi connectivity index (χ1) is 7.36. The lowest BCUT2D eigenvalue weighted by Gasteiger charge is -2.08. The van der Waals surface area contributed by atoms with Crippen molar-refractivity contribution < 1.29 is 0 Å². The topological polar surface area (TPSA) is 51.8 Å². The Morgan fingerprint density at radius 1 is 1.27 bits per heavy atom. The monoisotopic (exact) mass is 219 g/mol. The lowest BCUT2D eigenvalue weighted by molar-refractivity contribution is 0.615. The van der Waals surface area contributed by atoms with Gasteiger partial charge in [0.2, 0.25) is 0 Å². The van der Waals surface area contributed by atoms with Crippen molar-refractivity contribution in [2.75, 3.05) is 0 Å². The molecule has 1 atom stereocenters. The second-order valence-electron chi connectivity index (χ2n) is 3.33. The van der Waals surface area contributed by atoms with Crippen LogP contribution in [-0.2, 0) is 6.42 Å². The van der Waals surface area contributed by atoms with E-state index >= 15 is 0 Å². The van der Waals surface area contributed by atoms with Crippen molar-refractivity contribution >= 4 is 11.3 Å². The predicted octanol–water partition coefficient (Wildman–Crippen LogP) is 2.17. The van der Waals surface area contributed by atoms with Crippen molar-refractivity contribution in [2.24, 2.45) is 5.73 Å². The van der Waals surface area contributed by atoms with Crippen LogP contribution in [-0.4, -0.2) is 9.97 Å². The van der Waals surface area contributed by atoms with Crippen LogP contribution in [0.5, 0.6) is 0 Å². The molecule has 0 spiro atoms. The first kappa shape index (κ1) is 10.3. The molecule has 0 aliphatic heterocycles. The second kappa shape index (κ2) is 5.00. The Bertz CT molecular complexity index is 385. The van der Waals surface area contributed by atoms with Gasteiger partial charge in [-0.3, -0.25) is 0 Å². The zero-order valence-electron chi connectivity index (χ0n) is 8.34. The van der Waals surface area contributed by atoms with E-state index in [1.165, 1.54) is 4.88 Å². The number of aryl methyl sites for hydroxylation is 1. The molecule has 2 heterocycles. The Kier molecular flexibility index (Phi) is 3.42. The number of hydrogen-bond donors (Lipinski definition) is 1. The summed E-state index contributed by atoms with van der Waals surface area (Å²) in [6.45, 7) is 0. The molecule has 3 nitrogen and oxygen atoms in total. The van der Waals surface area contributed by atoms with E-state index in [0.717, 1.165) is 18.7 Å². The molecule has 1 unspecified atom stereocenters. The van der Waals surface area contributed by atoms with Gasteiger partial charge < -0.3 is 5.73 Å². The highest BCUT2D eigenvalue weighted by Gasteiger charge is 2.08. The summed E-state index contributed by atoms with van der Waals surface area (Å²) in [5.74, 6) is 0.731. The Morgan fingerprint density at radius 3 is 2.73 bits per heavy atom. The van der Waals surface area contributed by atoms with E-state index in [2.05, 4.69) is 27.5 Å². The van der Waals surface area contributed by atoms with Crippen molar-refractivity contribution in [1.29, 1.82) is 0 Å². The molecular formula is C11H13N3S. The van der Waals surface area contributed by atoms with Gasteiger partial charge >= 0.3 is 0 Å². The summed E-state index contributed by atoms with van der Waals surface area (Å²) in [6.07, 6.45) is 5.35. The Morgan fingerprint density at radius 2 is 2.07 bits per heavy atom. The van der Waals surface area contributed by atoms with E-state index in [1.807, 2.05) is 0 Å². The third kappa shape index (κ3) is 2.84. The molecule has 0 aliphatic carbocycles. The van der Waals surface area contributed by atoms with Gasteiger partial charge in [-0.1, -0.05) is 6.07 Å². The van der Waals surface area contributed by atoms with Gasteiger partial charge in [0.15, 0.2) is 0 Å². The zero-order valence-corrected chi connectivity index (χ0v) is 9.15. The van der Waals surface area contributed by atoms with Gasteiger partial charge in [0, 0.05) is 17.3 Å². The highest BCUT2D eigenvalue weighted by Crippen LogP contribution is 2.16. The lowest BCUT2D eigenvalue weighted by atomic mass is 10.1. The summed E-state index contributed by atoms with van der Waals surface area (Å²) in [7, 11) is 0. The van der Waals surface area contributed by atoms with E-state index in [9.17, 15) is 0 Å². The quantitative estimate of drug-likeness (QED) is 0.857. The fraction of sp³-hybridized carbons (Fsp3) is 0.273. The van der Waals surface area contributed by atoms with Crippen molar-refractivity contribution in [2.45, 2.75) is 18.9 Å². The molecular weight excluding hydrogens is 206 g/mol. The smallest absolute Gasteiger partial charge is 0.144 e. The number of nitrogens with zero attached hydrogens (tertiary/aromatic N) is 2. The highest BCUT2D eigenvalue weighted by atomic mass is 32.1. The largest absolute Gasteiger partial charge is 0.321 e. The van der Waals surface area contributed by atoms with Gasteiger partial charge in [-0.2, -0.15) is 0 Å². The van der Waals surface area contributed by atoms with Gasteiger partial charge in [0.1, 0.15) is 5.82 Å². The Labute approximate surface area is 93.0 Å². The molecule has 0 amide bonds. The fourth-order valence-corrected chi connectivity index (χ4v) is 2.11. The summed E-state index contributed by atoms with van der Waals surface area (Å²) in [4.78, 5) is 9.65. The van der Waals surface area contributed by atoms with Crippen molar-refractivity contribution in [1.82, 2.24) is 9.97 Å². The minimum atomic E-state index is -0.0618. The van der Waals surface area contributed by atoms with Gasteiger partial charge in [-0.15, -0.1) is 11.3 Å². The van der Waals surface area contributed by atoms with Crippen LogP contribution in [0.15, 0.2) is 36.0 Å². The first-order valence-electron chi connectivity index (χ1n) is 4.91. The Balaban J connectivity index is 1.90. The SMILES string of the molecule is NC(CCc1cccs1)c1ncccn1. The first-order valence-corrected chi connectivity index (χ1v) is 5.79. The van der Waals surface area contributed by atoms with E-state index in [4.69, 9.17) is 5.73 Å². The van der Waals surface area contributed by atoms with Crippen LogP contribution in [0, 0.1) is 0 Å². The molecule has 2 N–H and O–H groups in total. The number of aromatic nitrogens is 2. The van der Waals surface area contributed by atoms with Crippen molar-refractivity contribution in [3.05, 3.63) is 46.7 Å². The van der Waals surface area contributed by atoms with Crippen LogP contribution < -0.4 is 5.73 Å². The number of nitrogens with two attached hydrogens (primary N) is 1. The summed E-state index contributed by atoms with van der Waals surface area (Å²) >= 11 is 1.76. The maximum Gasteiger partial charge on any atom is 0.144 e. The van der Waals surface area contributed by atoms with Crippen LogP contribution in [0.2, 0.25) is 0 Å². The molecule has 0 aliphatic rings. The molecule has 78 valence electrons. The van der Waals surface area contributed by atoms with Crippen molar-refractivity contribution in [3.63, 3.8) is 0 Å². The van der Waals surface area contributed by atoms with Gasteiger partial charge in [-0.25, -0.2) is 9.97 Å². The van der Waals surface area contributed by atoms with Crippen LogP contribution in [0.25, 0.3) is 0 Å². The third-order valence-corrected chi connectivity index (χ3v) is 3.14. The number of hydrogen-bond acceptors (Lipinski definition) is 4. The fourth-order valence-electron chi connectivity index (χ4n) is 1.38. The minimum absolute atomic E-state index is 0.0618. The summed E-state index contributed by atoms with van der Waals surface area (Å²) in [6, 6.07) is 5.93. The third-order valence-electron chi connectivity index (χ3n) is 2.20. The molecule has 0 fully saturated rings. The second-order valence-corrected chi connectivity index (χ2v) is 4.36. The van der Waals surface area contributed by atoms with Gasteiger partial charge in [0.25, 0.3) is 0 Å². The van der Waals surface area contributed by atoms with Crippen LogP contribution >= 0.6 is 11.3 Å². The average molecular weight is 219 g/mol. The molecule has 0 saturated heterocycles. The summed E-state index contributed by atoms with van der Waals surface area (Å²) in [5.41, 5.74) is 5.99. The maximum absolute atomic E-state index is 5.99. The standard InChI is InChI=1S/C11H13N3S/c12-10(11-13-6-2-7-14-11)5-4-9-3-1-8-15-9/h1-3,6-8,10H,4-5,12H2. The number of thiophene rings is 1. The summed E-state index contributed by atoms with van der Waals surface area (Å²) < 4.78 is 0. The molecule has 2 aromatic rings. The van der Waals surface area contributed by atoms with Crippen LogP contribution in [0.1, 0.15) is 23.2 Å². The highest BCUT2D eigenvalue weighted by molar-refractivity contribution is 7.09. The molecule has 2 rings (SSSR count). The molecule has 4 heteroatoms. The molecule has 15 heavy (non-hydrogen) atoms. The zero-order chi connectivity index (χ0) is 10.5. The van der Waals surface area contributed by atoms with E-state index in [1.54, 1.807) is 29.8 Å². The molecule has 0 saturated carbocycles. The van der Waals surface area contributed by atoms with Crippen molar-refractivity contribution in [3.8, 4) is 0 Å². The maximum atomic E-state index is 5.99. The normalized spacial score (nSPS) is 12.6. The van der Waals surface area contributed by atoms with Gasteiger partial charge in [-0.05, 0) is 30.4 Å². The number of rotatable bonds is 4. The van der Waals surface area contributed by atoms with E-state index < -0.39 is 0 Å². The van der Waals surface area contributed by atoms with Gasteiger partial charge in [0.05, 0.1) is 6.04 Å². The summed E-state index contributed by atoms with van der Waals surface area (Å²) in [5, 5.41) is 2.08. The lowest BCUT2D eigenvalue weighted by Crippen LogP contribution is -2.14. The predicted molar refractivity (Wildman–Crippen MR) is 61.6 cm³/mol.